The SMILES string of the molecule is NCCCc1nnc(Cc2ccsc2)s1. The van der Waals surface area contributed by atoms with Gasteiger partial charge in [0, 0.05) is 12.8 Å². The number of nitrogens with two attached hydrogens (primary N) is 1. The lowest BCUT2D eigenvalue weighted by atomic mass is 10.3. The average molecular weight is 239 g/mol. The van der Waals surface area contributed by atoms with Crippen molar-refractivity contribution in [3.63, 3.8) is 0 Å². The molecule has 0 atom stereocenters. The minimum absolute atomic E-state index is 0.722. The molecule has 0 aromatic carbocycles. The second-order valence-electron chi connectivity index (χ2n) is 3.29. The second-order valence-corrected chi connectivity index (χ2v) is 5.22. The molecule has 2 aromatic rings. The topological polar surface area (TPSA) is 51.8 Å². The molecule has 80 valence electrons. The molecule has 0 aliphatic heterocycles. The van der Waals surface area contributed by atoms with E-state index in [1.165, 1.54) is 5.56 Å². The third-order valence-corrected chi connectivity index (χ3v) is 3.75. The zero-order chi connectivity index (χ0) is 10.5. The normalized spacial score (nSPS) is 10.7. The van der Waals surface area contributed by atoms with Crippen LogP contribution in [-0.4, -0.2) is 16.7 Å². The van der Waals surface area contributed by atoms with Gasteiger partial charge in [0.25, 0.3) is 0 Å². The van der Waals surface area contributed by atoms with E-state index in [1.807, 2.05) is 0 Å². The minimum atomic E-state index is 0.722. The van der Waals surface area contributed by atoms with Crippen LogP contribution in [0.2, 0.25) is 0 Å². The van der Waals surface area contributed by atoms with E-state index in [4.69, 9.17) is 5.73 Å². The predicted octanol–water partition coefficient (Wildman–Crippen LogP) is 2.08. The Balaban J connectivity index is 1.95. The van der Waals surface area contributed by atoms with Crippen molar-refractivity contribution < 1.29 is 0 Å². The fraction of sp³-hybridized carbons (Fsp3) is 0.400. The largest absolute Gasteiger partial charge is 0.330 e. The monoisotopic (exact) mass is 239 g/mol. The molecular formula is C10H13N3S2. The summed E-state index contributed by atoms with van der Waals surface area (Å²) in [6.07, 6.45) is 2.86. The lowest BCUT2D eigenvalue weighted by Crippen LogP contribution is -1.99. The Morgan fingerprint density at radius 1 is 1.27 bits per heavy atom. The summed E-state index contributed by atoms with van der Waals surface area (Å²) in [5.74, 6) is 0. The standard InChI is InChI=1S/C10H13N3S2/c11-4-1-2-9-12-13-10(15-9)6-8-3-5-14-7-8/h3,5,7H,1-2,4,6,11H2. The van der Waals surface area contributed by atoms with E-state index in [0.29, 0.717) is 0 Å². The van der Waals surface area contributed by atoms with E-state index in [2.05, 4.69) is 27.0 Å². The summed E-state index contributed by atoms with van der Waals surface area (Å²) >= 11 is 3.42. The molecule has 0 saturated heterocycles. The van der Waals surface area contributed by atoms with Crippen LogP contribution in [0.1, 0.15) is 22.0 Å². The first-order valence-electron chi connectivity index (χ1n) is 4.91. The summed E-state index contributed by atoms with van der Waals surface area (Å²) in [6, 6.07) is 2.13. The van der Waals surface area contributed by atoms with E-state index >= 15 is 0 Å². The molecule has 0 aliphatic rings. The molecule has 0 radical (unpaired) electrons. The van der Waals surface area contributed by atoms with Crippen molar-refractivity contribution in [3.05, 3.63) is 32.4 Å². The molecule has 2 heterocycles. The van der Waals surface area contributed by atoms with Gasteiger partial charge in [-0.1, -0.05) is 0 Å². The lowest BCUT2D eigenvalue weighted by molar-refractivity contribution is 0.809. The third kappa shape index (κ3) is 3.09. The Morgan fingerprint density at radius 3 is 2.87 bits per heavy atom. The van der Waals surface area contributed by atoms with Crippen LogP contribution in [0, 0.1) is 0 Å². The maximum atomic E-state index is 5.45. The summed E-state index contributed by atoms with van der Waals surface area (Å²) < 4.78 is 0. The zero-order valence-corrected chi connectivity index (χ0v) is 9.98. The molecular weight excluding hydrogens is 226 g/mol. The molecule has 2 N–H and O–H groups in total. The van der Waals surface area contributed by atoms with Crippen molar-refractivity contribution in [2.24, 2.45) is 5.73 Å². The fourth-order valence-electron chi connectivity index (χ4n) is 1.28. The van der Waals surface area contributed by atoms with Crippen LogP contribution in [-0.2, 0) is 12.8 Å². The van der Waals surface area contributed by atoms with E-state index in [-0.39, 0.29) is 0 Å². The Hall–Kier alpha value is -0.780. The maximum absolute atomic E-state index is 5.45. The van der Waals surface area contributed by atoms with Gasteiger partial charge < -0.3 is 5.73 Å². The molecule has 0 unspecified atom stereocenters. The van der Waals surface area contributed by atoms with Gasteiger partial charge in [-0.2, -0.15) is 11.3 Å². The van der Waals surface area contributed by atoms with Crippen molar-refractivity contribution in [1.29, 1.82) is 0 Å². The van der Waals surface area contributed by atoms with E-state index in [0.717, 1.165) is 35.8 Å². The quantitative estimate of drug-likeness (QED) is 0.869. The first kappa shape index (κ1) is 10.7. The zero-order valence-electron chi connectivity index (χ0n) is 8.35. The molecule has 5 heteroatoms. The van der Waals surface area contributed by atoms with Gasteiger partial charge in [-0.15, -0.1) is 21.5 Å². The Morgan fingerprint density at radius 2 is 2.13 bits per heavy atom. The van der Waals surface area contributed by atoms with Gasteiger partial charge in [-0.05, 0) is 35.4 Å². The first-order chi connectivity index (χ1) is 7.38. The number of nitrogens with zero attached hydrogens (tertiary/aromatic N) is 2. The van der Waals surface area contributed by atoms with Crippen molar-refractivity contribution >= 4 is 22.7 Å². The molecule has 0 amide bonds. The van der Waals surface area contributed by atoms with E-state index in [9.17, 15) is 0 Å². The highest BCUT2D eigenvalue weighted by Crippen LogP contribution is 2.17. The summed E-state index contributed by atoms with van der Waals surface area (Å²) in [6.45, 7) is 0.722. The van der Waals surface area contributed by atoms with E-state index < -0.39 is 0 Å². The van der Waals surface area contributed by atoms with Gasteiger partial charge in [-0.25, -0.2) is 0 Å². The van der Waals surface area contributed by atoms with Gasteiger partial charge in [0.05, 0.1) is 0 Å². The fourth-order valence-corrected chi connectivity index (χ4v) is 2.87. The van der Waals surface area contributed by atoms with Crippen molar-refractivity contribution in [2.75, 3.05) is 6.54 Å². The van der Waals surface area contributed by atoms with Gasteiger partial charge >= 0.3 is 0 Å². The minimum Gasteiger partial charge on any atom is -0.330 e. The Kier molecular flexibility index (Phi) is 3.82. The summed E-state index contributed by atoms with van der Waals surface area (Å²) in [4.78, 5) is 0. The van der Waals surface area contributed by atoms with Gasteiger partial charge in [0.1, 0.15) is 10.0 Å². The molecule has 2 aromatic heterocycles. The number of hydrogen-bond acceptors (Lipinski definition) is 5. The number of thiophene rings is 1. The van der Waals surface area contributed by atoms with Crippen LogP contribution < -0.4 is 5.73 Å². The smallest absolute Gasteiger partial charge is 0.121 e. The molecule has 2 rings (SSSR count). The van der Waals surface area contributed by atoms with E-state index in [1.54, 1.807) is 22.7 Å². The van der Waals surface area contributed by atoms with Gasteiger partial charge in [-0.3, -0.25) is 0 Å². The summed E-state index contributed by atoms with van der Waals surface area (Å²) in [7, 11) is 0. The van der Waals surface area contributed by atoms with Crippen molar-refractivity contribution in [3.8, 4) is 0 Å². The maximum Gasteiger partial charge on any atom is 0.121 e. The molecule has 15 heavy (non-hydrogen) atoms. The van der Waals surface area contributed by atoms with Crippen LogP contribution in [0.15, 0.2) is 16.8 Å². The highest BCUT2D eigenvalue weighted by atomic mass is 32.1. The Labute approximate surface area is 97.0 Å². The summed E-state index contributed by atoms with van der Waals surface area (Å²) in [5.41, 5.74) is 6.77. The van der Waals surface area contributed by atoms with Crippen LogP contribution >= 0.6 is 22.7 Å². The molecule has 0 saturated carbocycles. The predicted molar refractivity (Wildman–Crippen MR) is 64.4 cm³/mol. The van der Waals surface area contributed by atoms with Crippen molar-refractivity contribution in [2.45, 2.75) is 19.3 Å². The van der Waals surface area contributed by atoms with Crippen LogP contribution in [0.4, 0.5) is 0 Å². The van der Waals surface area contributed by atoms with Gasteiger partial charge in [0.2, 0.25) is 0 Å². The summed E-state index contributed by atoms with van der Waals surface area (Å²) in [5, 5.41) is 14.8. The first-order valence-corrected chi connectivity index (χ1v) is 6.67. The molecule has 3 nitrogen and oxygen atoms in total. The number of aryl methyl sites for hydroxylation is 1. The van der Waals surface area contributed by atoms with Crippen LogP contribution in [0.25, 0.3) is 0 Å². The number of hydrogen-bond donors (Lipinski definition) is 1. The highest BCUT2D eigenvalue weighted by molar-refractivity contribution is 7.11. The average Bonchev–Trinajstić information content (AvgIpc) is 2.87. The number of aromatic nitrogens is 2. The van der Waals surface area contributed by atoms with Crippen molar-refractivity contribution in [1.82, 2.24) is 10.2 Å². The second kappa shape index (κ2) is 5.34. The Bertz CT molecular complexity index is 394. The molecule has 0 aliphatic carbocycles. The molecule has 0 bridgehead atoms. The number of rotatable bonds is 5. The highest BCUT2D eigenvalue weighted by Gasteiger charge is 2.04. The third-order valence-electron chi connectivity index (χ3n) is 2.04. The van der Waals surface area contributed by atoms with Gasteiger partial charge in [0.15, 0.2) is 0 Å². The lowest BCUT2D eigenvalue weighted by Gasteiger charge is -1.90. The van der Waals surface area contributed by atoms with Crippen LogP contribution in [0.3, 0.4) is 0 Å². The molecule has 0 fully saturated rings. The van der Waals surface area contributed by atoms with Crippen LogP contribution in [0.5, 0.6) is 0 Å². The molecule has 0 spiro atoms.